The van der Waals surface area contributed by atoms with Crippen LogP contribution in [0.4, 0.5) is 0 Å². The van der Waals surface area contributed by atoms with Crippen LogP contribution in [0.1, 0.15) is 11.5 Å². The van der Waals surface area contributed by atoms with Crippen molar-refractivity contribution in [1.29, 1.82) is 5.26 Å². The van der Waals surface area contributed by atoms with Crippen molar-refractivity contribution in [2.75, 3.05) is 0 Å². The quantitative estimate of drug-likeness (QED) is 0.710. The lowest BCUT2D eigenvalue weighted by molar-refractivity contribution is -0.108. The van der Waals surface area contributed by atoms with E-state index in [0.717, 1.165) is 0 Å². The van der Waals surface area contributed by atoms with Crippen LogP contribution < -0.4 is 0 Å². The summed E-state index contributed by atoms with van der Waals surface area (Å²) in [6.07, 6.45) is 0.539. The topological polar surface area (TPSA) is 40.9 Å². The molecule has 1 aromatic carbocycles. The SMILES string of the molecule is N#CC(C=O)c1cccc(Cl)c1Cl. The average Bonchev–Trinajstić information content (AvgIpc) is 2.14. The monoisotopic (exact) mass is 213 g/mol. The van der Waals surface area contributed by atoms with E-state index in [1.54, 1.807) is 18.2 Å². The van der Waals surface area contributed by atoms with Crippen LogP contribution >= 0.6 is 23.2 Å². The molecule has 0 aliphatic rings. The summed E-state index contributed by atoms with van der Waals surface area (Å²) in [5.74, 6) is -0.841. The minimum atomic E-state index is -0.841. The van der Waals surface area contributed by atoms with Crippen LogP contribution in [0.3, 0.4) is 0 Å². The van der Waals surface area contributed by atoms with Gasteiger partial charge in [0.25, 0.3) is 0 Å². The van der Waals surface area contributed by atoms with Gasteiger partial charge in [-0.05, 0) is 11.6 Å². The molecule has 0 fully saturated rings. The van der Waals surface area contributed by atoms with E-state index in [1.807, 2.05) is 6.07 Å². The van der Waals surface area contributed by atoms with Gasteiger partial charge in [0.15, 0.2) is 0 Å². The Morgan fingerprint density at radius 1 is 1.46 bits per heavy atom. The van der Waals surface area contributed by atoms with E-state index in [-0.39, 0.29) is 5.02 Å². The zero-order valence-electron chi connectivity index (χ0n) is 6.50. The Bertz CT molecular complexity index is 370. The molecule has 4 heteroatoms. The van der Waals surface area contributed by atoms with Gasteiger partial charge in [0, 0.05) is 0 Å². The van der Waals surface area contributed by atoms with E-state index >= 15 is 0 Å². The Hall–Kier alpha value is -1.04. The minimum absolute atomic E-state index is 0.266. The molecule has 0 aromatic heterocycles. The fraction of sp³-hybridized carbons (Fsp3) is 0.111. The number of carbonyl (C=O) groups excluding carboxylic acids is 1. The van der Waals surface area contributed by atoms with Crippen molar-refractivity contribution in [3.05, 3.63) is 33.8 Å². The Morgan fingerprint density at radius 2 is 2.15 bits per heavy atom. The molecule has 0 aliphatic carbocycles. The third-order valence-corrected chi connectivity index (χ3v) is 2.43. The fourth-order valence-corrected chi connectivity index (χ4v) is 1.36. The molecule has 1 atom stereocenters. The van der Waals surface area contributed by atoms with Crippen molar-refractivity contribution in [2.24, 2.45) is 0 Å². The predicted octanol–water partition coefficient (Wildman–Crippen LogP) is 2.80. The summed E-state index contributed by atoms with van der Waals surface area (Å²) in [5, 5.41) is 9.23. The fourth-order valence-electron chi connectivity index (χ4n) is 0.934. The Labute approximate surface area is 85.7 Å². The van der Waals surface area contributed by atoms with Crippen LogP contribution in [-0.2, 0) is 4.79 Å². The summed E-state index contributed by atoms with van der Waals surface area (Å²) in [4.78, 5) is 10.5. The maximum Gasteiger partial charge on any atom is 0.141 e. The minimum Gasteiger partial charge on any atom is -0.302 e. The molecule has 1 aromatic rings. The van der Waals surface area contributed by atoms with Crippen molar-refractivity contribution in [3.63, 3.8) is 0 Å². The van der Waals surface area contributed by atoms with Crippen molar-refractivity contribution in [1.82, 2.24) is 0 Å². The first-order chi connectivity index (χ1) is 6.20. The number of nitriles is 1. The van der Waals surface area contributed by atoms with E-state index in [0.29, 0.717) is 16.9 Å². The summed E-state index contributed by atoms with van der Waals surface area (Å²) in [5.41, 5.74) is 0.451. The number of aldehydes is 1. The highest BCUT2D eigenvalue weighted by Crippen LogP contribution is 2.29. The third-order valence-electron chi connectivity index (χ3n) is 1.59. The smallest absolute Gasteiger partial charge is 0.141 e. The molecule has 0 bridgehead atoms. The van der Waals surface area contributed by atoms with E-state index in [2.05, 4.69) is 0 Å². The molecular weight excluding hydrogens is 209 g/mol. The summed E-state index contributed by atoms with van der Waals surface area (Å²) in [6, 6.07) is 6.69. The Kier molecular flexibility index (Phi) is 3.30. The van der Waals surface area contributed by atoms with Gasteiger partial charge in [-0.15, -0.1) is 0 Å². The number of rotatable bonds is 2. The number of hydrogen-bond acceptors (Lipinski definition) is 2. The van der Waals surface area contributed by atoms with Gasteiger partial charge in [0.2, 0.25) is 0 Å². The van der Waals surface area contributed by atoms with Crippen LogP contribution in [0.15, 0.2) is 18.2 Å². The van der Waals surface area contributed by atoms with E-state index < -0.39 is 5.92 Å². The number of hydrogen-bond donors (Lipinski definition) is 0. The lowest BCUT2D eigenvalue weighted by Crippen LogP contribution is -1.97. The first-order valence-electron chi connectivity index (χ1n) is 3.49. The van der Waals surface area contributed by atoms with Crippen LogP contribution in [-0.4, -0.2) is 6.29 Å². The highest BCUT2D eigenvalue weighted by atomic mass is 35.5. The molecule has 1 rings (SSSR count). The number of halogens is 2. The summed E-state index contributed by atoms with van der Waals surface area (Å²) < 4.78 is 0. The molecule has 66 valence electrons. The van der Waals surface area contributed by atoms with Crippen molar-refractivity contribution in [3.8, 4) is 6.07 Å². The zero-order chi connectivity index (χ0) is 9.84. The molecular formula is C9H5Cl2NO. The van der Waals surface area contributed by atoms with Gasteiger partial charge in [-0.2, -0.15) is 5.26 Å². The molecule has 1 unspecified atom stereocenters. The van der Waals surface area contributed by atoms with Crippen LogP contribution in [0.2, 0.25) is 10.0 Å². The van der Waals surface area contributed by atoms with Crippen molar-refractivity contribution < 1.29 is 4.79 Å². The zero-order valence-corrected chi connectivity index (χ0v) is 8.01. The second-order valence-corrected chi connectivity index (χ2v) is 3.17. The number of nitrogens with zero attached hydrogens (tertiary/aromatic N) is 1. The Balaban J connectivity index is 3.22. The highest BCUT2D eigenvalue weighted by Gasteiger charge is 2.14. The van der Waals surface area contributed by atoms with Crippen LogP contribution in [0.25, 0.3) is 0 Å². The van der Waals surface area contributed by atoms with Gasteiger partial charge in [-0.25, -0.2) is 0 Å². The molecule has 0 N–H and O–H groups in total. The standard InChI is InChI=1S/C9H5Cl2NO/c10-8-3-1-2-7(9(8)11)6(4-12)5-13/h1-3,5-6H. The van der Waals surface area contributed by atoms with E-state index in [1.165, 1.54) is 0 Å². The Morgan fingerprint density at radius 3 is 2.69 bits per heavy atom. The molecule has 0 spiro atoms. The van der Waals surface area contributed by atoms with Gasteiger partial charge in [0.05, 0.1) is 16.1 Å². The molecule has 0 saturated carbocycles. The van der Waals surface area contributed by atoms with Crippen molar-refractivity contribution >= 4 is 29.5 Å². The van der Waals surface area contributed by atoms with Crippen LogP contribution in [0.5, 0.6) is 0 Å². The van der Waals surface area contributed by atoms with Crippen LogP contribution in [0, 0.1) is 11.3 Å². The van der Waals surface area contributed by atoms with E-state index in [9.17, 15) is 4.79 Å². The molecule has 13 heavy (non-hydrogen) atoms. The third kappa shape index (κ3) is 2.00. The van der Waals surface area contributed by atoms with Gasteiger partial charge in [-0.3, -0.25) is 0 Å². The molecule has 0 amide bonds. The lowest BCUT2D eigenvalue weighted by atomic mass is 10.0. The number of carbonyl (C=O) groups is 1. The molecule has 0 saturated heterocycles. The highest BCUT2D eigenvalue weighted by molar-refractivity contribution is 6.42. The van der Waals surface area contributed by atoms with Gasteiger partial charge >= 0.3 is 0 Å². The van der Waals surface area contributed by atoms with Crippen molar-refractivity contribution in [2.45, 2.75) is 5.92 Å². The number of benzene rings is 1. The van der Waals surface area contributed by atoms with E-state index in [4.69, 9.17) is 28.5 Å². The summed E-state index contributed by atoms with van der Waals surface area (Å²) in [6.45, 7) is 0. The molecule has 0 radical (unpaired) electrons. The largest absolute Gasteiger partial charge is 0.302 e. The van der Waals surface area contributed by atoms with Gasteiger partial charge in [0.1, 0.15) is 12.2 Å². The van der Waals surface area contributed by atoms with Gasteiger partial charge in [-0.1, -0.05) is 35.3 Å². The molecule has 2 nitrogen and oxygen atoms in total. The van der Waals surface area contributed by atoms with Gasteiger partial charge < -0.3 is 4.79 Å². The second kappa shape index (κ2) is 4.27. The lowest BCUT2D eigenvalue weighted by Gasteiger charge is -2.05. The first-order valence-corrected chi connectivity index (χ1v) is 4.25. The summed E-state index contributed by atoms with van der Waals surface area (Å²) in [7, 11) is 0. The predicted molar refractivity (Wildman–Crippen MR) is 50.9 cm³/mol. The normalized spacial score (nSPS) is 11.8. The summed E-state index contributed by atoms with van der Waals surface area (Å²) >= 11 is 11.5. The first kappa shape index (κ1) is 10.0. The maximum atomic E-state index is 10.5. The maximum absolute atomic E-state index is 10.5. The average molecular weight is 214 g/mol. The molecule has 0 heterocycles. The molecule has 0 aliphatic heterocycles. The second-order valence-electron chi connectivity index (χ2n) is 2.39.